The third-order valence-corrected chi connectivity index (χ3v) is 6.57. The molecule has 1 N–H and O–H groups in total. The Bertz CT molecular complexity index is 1030. The summed E-state index contributed by atoms with van der Waals surface area (Å²) in [6, 6.07) is 13.3. The zero-order chi connectivity index (χ0) is 25.4. The molecule has 1 heterocycles. The molecule has 1 fully saturated rings. The van der Waals surface area contributed by atoms with Crippen molar-refractivity contribution in [2.24, 2.45) is 5.92 Å². The number of piperidine rings is 1. The highest BCUT2D eigenvalue weighted by Gasteiger charge is 2.36. The van der Waals surface area contributed by atoms with Crippen LogP contribution < -0.4 is 14.8 Å². The van der Waals surface area contributed by atoms with Gasteiger partial charge in [0.2, 0.25) is 5.91 Å². The molecule has 3 amide bonds. The van der Waals surface area contributed by atoms with Crippen LogP contribution in [0.5, 0.6) is 11.5 Å². The predicted molar refractivity (Wildman–Crippen MR) is 134 cm³/mol. The van der Waals surface area contributed by atoms with Gasteiger partial charge in [-0.1, -0.05) is 12.1 Å². The summed E-state index contributed by atoms with van der Waals surface area (Å²) in [5.41, 5.74) is 1.01. The van der Waals surface area contributed by atoms with E-state index in [1.807, 2.05) is 13.8 Å². The molecule has 1 aliphatic heterocycles. The number of methoxy groups -OCH3 is 2. The van der Waals surface area contributed by atoms with Crippen LogP contribution in [0, 0.1) is 5.92 Å². The Morgan fingerprint density at radius 2 is 1.49 bits per heavy atom. The summed E-state index contributed by atoms with van der Waals surface area (Å²) in [5.74, 6) is 0.666. The SMILES string of the molecule is CCN(CC)C(=O)C(NC(=O)c1cccc(OC)c1)C1CCN(C(=O)c2cccc(OC)c2)CC1. The fourth-order valence-electron chi connectivity index (χ4n) is 4.48. The number of hydrogen-bond acceptors (Lipinski definition) is 5. The molecule has 1 saturated heterocycles. The van der Waals surface area contributed by atoms with E-state index in [2.05, 4.69) is 5.32 Å². The lowest BCUT2D eigenvalue weighted by atomic mass is 9.87. The predicted octanol–water partition coefficient (Wildman–Crippen LogP) is 3.22. The fourth-order valence-corrected chi connectivity index (χ4v) is 4.48. The van der Waals surface area contributed by atoms with Crippen LogP contribution in [0.4, 0.5) is 0 Å². The van der Waals surface area contributed by atoms with Gasteiger partial charge in [-0.15, -0.1) is 0 Å². The third kappa shape index (κ3) is 6.32. The average molecular weight is 482 g/mol. The van der Waals surface area contributed by atoms with Crippen molar-refractivity contribution >= 4 is 17.7 Å². The van der Waals surface area contributed by atoms with Crippen molar-refractivity contribution in [1.29, 1.82) is 0 Å². The Morgan fingerprint density at radius 1 is 0.943 bits per heavy atom. The van der Waals surface area contributed by atoms with Gasteiger partial charge in [0, 0.05) is 37.3 Å². The minimum atomic E-state index is -0.664. The van der Waals surface area contributed by atoms with Gasteiger partial charge in [0.1, 0.15) is 17.5 Å². The van der Waals surface area contributed by atoms with Crippen molar-refractivity contribution in [1.82, 2.24) is 15.1 Å². The van der Waals surface area contributed by atoms with E-state index in [1.54, 1.807) is 72.6 Å². The summed E-state index contributed by atoms with van der Waals surface area (Å²) in [4.78, 5) is 43.0. The largest absolute Gasteiger partial charge is 0.497 e. The van der Waals surface area contributed by atoms with Gasteiger partial charge >= 0.3 is 0 Å². The smallest absolute Gasteiger partial charge is 0.253 e. The Kier molecular flexibility index (Phi) is 9.11. The van der Waals surface area contributed by atoms with Crippen molar-refractivity contribution in [3.63, 3.8) is 0 Å². The first-order valence-corrected chi connectivity index (χ1v) is 12.1. The quantitative estimate of drug-likeness (QED) is 0.594. The first-order valence-electron chi connectivity index (χ1n) is 12.1. The average Bonchev–Trinajstić information content (AvgIpc) is 2.91. The van der Waals surface area contributed by atoms with Gasteiger partial charge in [0.05, 0.1) is 14.2 Å². The molecule has 1 atom stereocenters. The molecule has 188 valence electrons. The summed E-state index contributed by atoms with van der Waals surface area (Å²) in [6.07, 6.45) is 1.23. The van der Waals surface area contributed by atoms with E-state index in [0.717, 1.165) is 0 Å². The van der Waals surface area contributed by atoms with Crippen molar-refractivity contribution in [2.75, 3.05) is 40.4 Å². The first-order chi connectivity index (χ1) is 16.9. The van der Waals surface area contributed by atoms with Crippen molar-refractivity contribution < 1.29 is 23.9 Å². The van der Waals surface area contributed by atoms with Gasteiger partial charge in [0.15, 0.2) is 0 Å². The number of rotatable bonds is 9. The highest BCUT2D eigenvalue weighted by molar-refractivity contribution is 5.98. The highest BCUT2D eigenvalue weighted by atomic mass is 16.5. The number of hydrogen-bond donors (Lipinski definition) is 1. The van der Waals surface area contributed by atoms with Crippen LogP contribution in [-0.2, 0) is 4.79 Å². The maximum atomic E-state index is 13.4. The Hall–Kier alpha value is -3.55. The van der Waals surface area contributed by atoms with E-state index in [9.17, 15) is 14.4 Å². The number of ether oxygens (including phenoxy) is 2. The van der Waals surface area contributed by atoms with Crippen LogP contribution in [0.15, 0.2) is 48.5 Å². The number of benzene rings is 2. The van der Waals surface area contributed by atoms with Gasteiger partial charge in [-0.25, -0.2) is 0 Å². The number of nitrogens with zero attached hydrogens (tertiary/aromatic N) is 2. The number of carbonyl (C=O) groups excluding carboxylic acids is 3. The number of likely N-dealkylation sites (tertiary alicyclic amines) is 1. The van der Waals surface area contributed by atoms with Crippen LogP contribution in [0.2, 0.25) is 0 Å². The monoisotopic (exact) mass is 481 g/mol. The summed E-state index contributed by atoms with van der Waals surface area (Å²) in [6.45, 7) is 6.01. The Balaban J connectivity index is 1.74. The van der Waals surface area contributed by atoms with Crippen LogP contribution >= 0.6 is 0 Å². The minimum absolute atomic E-state index is 0.0608. The van der Waals surface area contributed by atoms with Crippen molar-refractivity contribution in [3.8, 4) is 11.5 Å². The zero-order valence-electron chi connectivity index (χ0n) is 21.0. The summed E-state index contributed by atoms with van der Waals surface area (Å²) < 4.78 is 10.5. The van der Waals surface area contributed by atoms with E-state index in [1.165, 1.54) is 0 Å². The molecular weight excluding hydrogens is 446 g/mol. The molecule has 2 aromatic carbocycles. The summed E-state index contributed by atoms with van der Waals surface area (Å²) >= 11 is 0. The summed E-state index contributed by atoms with van der Waals surface area (Å²) in [5, 5.41) is 2.99. The van der Waals surface area contributed by atoms with E-state index in [0.29, 0.717) is 61.6 Å². The molecule has 0 aliphatic carbocycles. The molecule has 8 heteroatoms. The van der Waals surface area contributed by atoms with Crippen LogP contribution in [0.3, 0.4) is 0 Å². The van der Waals surface area contributed by atoms with Crippen molar-refractivity contribution in [2.45, 2.75) is 32.7 Å². The molecular formula is C27H35N3O5. The number of carbonyl (C=O) groups is 3. The number of likely N-dealkylation sites (N-methyl/N-ethyl adjacent to an activating group) is 1. The maximum absolute atomic E-state index is 13.4. The number of nitrogens with one attached hydrogen (secondary N) is 1. The van der Waals surface area contributed by atoms with E-state index < -0.39 is 6.04 Å². The molecule has 0 radical (unpaired) electrons. The maximum Gasteiger partial charge on any atom is 0.253 e. The molecule has 0 aromatic heterocycles. The van der Waals surface area contributed by atoms with Crippen LogP contribution in [-0.4, -0.2) is 74.0 Å². The molecule has 8 nitrogen and oxygen atoms in total. The molecule has 35 heavy (non-hydrogen) atoms. The second-order valence-corrected chi connectivity index (χ2v) is 8.56. The van der Waals surface area contributed by atoms with Gasteiger partial charge < -0.3 is 24.6 Å². The highest BCUT2D eigenvalue weighted by Crippen LogP contribution is 2.25. The second kappa shape index (κ2) is 12.2. The van der Waals surface area contributed by atoms with Gasteiger partial charge in [-0.2, -0.15) is 0 Å². The lowest BCUT2D eigenvalue weighted by Gasteiger charge is -2.37. The van der Waals surface area contributed by atoms with E-state index >= 15 is 0 Å². The molecule has 1 aliphatic rings. The van der Waals surface area contributed by atoms with Crippen LogP contribution in [0.25, 0.3) is 0 Å². The van der Waals surface area contributed by atoms with E-state index in [-0.39, 0.29) is 23.6 Å². The van der Waals surface area contributed by atoms with Crippen LogP contribution in [0.1, 0.15) is 47.4 Å². The second-order valence-electron chi connectivity index (χ2n) is 8.56. The molecule has 2 aromatic rings. The third-order valence-electron chi connectivity index (χ3n) is 6.57. The van der Waals surface area contributed by atoms with Crippen molar-refractivity contribution in [3.05, 3.63) is 59.7 Å². The molecule has 0 spiro atoms. The number of amides is 3. The first kappa shape index (κ1) is 26.1. The lowest BCUT2D eigenvalue weighted by Crippen LogP contribution is -2.54. The molecule has 3 rings (SSSR count). The fraction of sp³-hybridized carbons (Fsp3) is 0.444. The molecule has 1 unspecified atom stereocenters. The standard InChI is InChI=1S/C27H35N3O5/c1-5-29(6-2)27(33)24(28-25(31)20-9-7-11-22(17-20)34-3)19-13-15-30(16-14-19)26(32)21-10-8-12-23(18-21)35-4/h7-12,17-19,24H,5-6,13-16H2,1-4H3,(H,28,31). The van der Waals surface area contributed by atoms with E-state index in [4.69, 9.17) is 9.47 Å². The van der Waals surface area contributed by atoms with Gasteiger partial charge in [-0.05, 0) is 69.0 Å². The lowest BCUT2D eigenvalue weighted by molar-refractivity contribution is -0.134. The van der Waals surface area contributed by atoms with Gasteiger partial charge in [0.25, 0.3) is 11.8 Å². The summed E-state index contributed by atoms with van der Waals surface area (Å²) in [7, 11) is 3.12. The Labute approximate surface area is 207 Å². The van der Waals surface area contributed by atoms with Gasteiger partial charge in [-0.3, -0.25) is 14.4 Å². The molecule has 0 bridgehead atoms. The minimum Gasteiger partial charge on any atom is -0.497 e. The topological polar surface area (TPSA) is 88.2 Å². The normalized spacial score (nSPS) is 14.7. The molecule has 0 saturated carbocycles. The Morgan fingerprint density at radius 3 is 2.03 bits per heavy atom. The zero-order valence-corrected chi connectivity index (χ0v) is 21.0.